The molecule has 0 atom stereocenters. The van der Waals surface area contributed by atoms with Crippen LogP contribution in [0.1, 0.15) is 29.4 Å². The summed E-state index contributed by atoms with van der Waals surface area (Å²) in [7, 11) is 0. The normalized spacial score (nSPS) is 14.4. The number of aryl methyl sites for hydroxylation is 2. The molecule has 25 heavy (non-hydrogen) atoms. The molecule has 6 heteroatoms. The lowest BCUT2D eigenvalue weighted by Gasteiger charge is -2.16. The Hall–Kier alpha value is -2.73. The van der Waals surface area contributed by atoms with Gasteiger partial charge >= 0.3 is 0 Å². The minimum absolute atomic E-state index is 0.0366. The molecule has 0 saturated carbocycles. The molecule has 1 saturated heterocycles. The van der Waals surface area contributed by atoms with E-state index in [1.165, 1.54) is 5.56 Å². The van der Waals surface area contributed by atoms with Crippen molar-refractivity contribution >= 4 is 35.2 Å². The number of hydrogen-bond acceptors (Lipinski definition) is 3. The molecule has 0 bridgehead atoms. The van der Waals surface area contributed by atoms with Gasteiger partial charge in [-0.2, -0.15) is 0 Å². The zero-order valence-corrected chi connectivity index (χ0v) is 15.2. The van der Waals surface area contributed by atoms with Crippen molar-refractivity contribution in [3.63, 3.8) is 0 Å². The van der Waals surface area contributed by atoms with Crippen LogP contribution in [-0.2, 0) is 16.0 Å². The summed E-state index contributed by atoms with van der Waals surface area (Å²) in [5.74, 6) is -0.958. The number of carbonyl (C=O) groups excluding carboxylic acids is 2. The highest BCUT2D eigenvalue weighted by atomic mass is 32.1. The van der Waals surface area contributed by atoms with E-state index >= 15 is 0 Å². The molecule has 2 heterocycles. The fourth-order valence-corrected chi connectivity index (χ4v) is 3.28. The van der Waals surface area contributed by atoms with E-state index in [0.717, 1.165) is 29.1 Å². The van der Waals surface area contributed by atoms with Crippen LogP contribution in [0.3, 0.4) is 0 Å². The summed E-state index contributed by atoms with van der Waals surface area (Å²) in [5.41, 5.74) is 5.25. The van der Waals surface area contributed by atoms with E-state index in [4.69, 9.17) is 12.2 Å². The van der Waals surface area contributed by atoms with Gasteiger partial charge in [-0.3, -0.25) is 20.2 Å². The van der Waals surface area contributed by atoms with Gasteiger partial charge in [-0.05, 0) is 61.8 Å². The van der Waals surface area contributed by atoms with Crippen LogP contribution in [0, 0.1) is 13.8 Å². The molecule has 128 valence electrons. The second-order valence-corrected chi connectivity index (χ2v) is 6.35. The van der Waals surface area contributed by atoms with Gasteiger partial charge in [0.25, 0.3) is 11.8 Å². The predicted molar refractivity (Wildman–Crippen MR) is 101 cm³/mol. The number of nitrogens with one attached hydrogen (secondary N) is 2. The maximum absolute atomic E-state index is 12.1. The summed E-state index contributed by atoms with van der Waals surface area (Å²) in [5, 5.41) is 4.95. The maximum atomic E-state index is 12.1. The average molecular weight is 353 g/mol. The Morgan fingerprint density at radius 1 is 1.12 bits per heavy atom. The third-order valence-corrected chi connectivity index (χ3v) is 4.53. The van der Waals surface area contributed by atoms with Crippen LogP contribution in [0.4, 0.5) is 0 Å². The lowest BCUT2D eigenvalue weighted by Crippen LogP contribution is -2.51. The van der Waals surface area contributed by atoms with Crippen LogP contribution >= 0.6 is 12.2 Å². The van der Waals surface area contributed by atoms with Crippen molar-refractivity contribution in [1.82, 2.24) is 15.2 Å². The molecular weight excluding hydrogens is 334 g/mol. The summed E-state index contributed by atoms with van der Waals surface area (Å²) in [4.78, 5) is 24.1. The summed E-state index contributed by atoms with van der Waals surface area (Å²) >= 11 is 4.82. The molecule has 1 aliphatic rings. The van der Waals surface area contributed by atoms with E-state index < -0.39 is 11.8 Å². The highest BCUT2D eigenvalue weighted by Crippen LogP contribution is 2.25. The van der Waals surface area contributed by atoms with Gasteiger partial charge in [-0.25, -0.2) is 0 Å². The Morgan fingerprint density at radius 2 is 1.76 bits per heavy atom. The molecule has 2 N–H and O–H groups in total. The molecule has 5 nitrogen and oxygen atoms in total. The highest BCUT2D eigenvalue weighted by Gasteiger charge is 2.26. The topological polar surface area (TPSA) is 63.1 Å². The third kappa shape index (κ3) is 3.13. The molecule has 2 aromatic rings. The number of benzene rings is 1. The smallest absolute Gasteiger partial charge is 0.263 e. The Morgan fingerprint density at radius 3 is 2.40 bits per heavy atom. The number of amides is 2. The van der Waals surface area contributed by atoms with Gasteiger partial charge in [0.1, 0.15) is 5.57 Å². The number of rotatable bonds is 3. The maximum Gasteiger partial charge on any atom is 0.263 e. The number of nitrogens with zero attached hydrogens (tertiary/aromatic N) is 1. The number of aromatic nitrogens is 1. The fourth-order valence-electron chi connectivity index (χ4n) is 3.09. The summed E-state index contributed by atoms with van der Waals surface area (Å²) < 4.78 is 2.15. The molecule has 0 radical (unpaired) electrons. The van der Waals surface area contributed by atoms with Crippen molar-refractivity contribution in [2.45, 2.75) is 27.2 Å². The number of para-hydroxylation sites is 1. The third-order valence-electron chi connectivity index (χ3n) is 4.33. The fraction of sp³-hybridized carbons (Fsp3) is 0.211. The van der Waals surface area contributed by atoms with Gasteiger partial charge in [0.05, 0.1) is 0 Å². The van der Waals surface area contributed by atoms with E-state index in [-0.39, 0.29) is 10.7 Å². The van der Waals surface area contributed by atoms with Gasteiger partial charge in [-0.15, -0.1) is 0 Å². The molecule has 0 spiro atoms. The van der Waals surface area contributed by atoms with Crippen molar-refractivity contribution in [2.75, 3.05) is 0 Å². The lowest BCUT2D eigenvalue weighted by molar-refractivity contribution is -0.123. The minimum Gasteiger partial charge on any atom is -0.318 e. The zero-order chi connectivity index (χ0) is 18.1. The number of thiocarbonyl (C=S) groups is 1. The Kier molecular flexibility index (Phi) is 4.55. The first-order valence-electron chi connectivity index (χ1n) is 8.08. The van der Waals surface area contributed by atoms with Crippen molar-refractivity contribution in [3.05, 3.63) is 58.4 Å². The van der Waals surface area contributed by atoms with Crippen LogP contribution in [0.15, 0.2) is 35.9 Å². The van der Waals surface area contributed by atoms with Gasteiger partial charge in [0.2, 0.25) is 0 Å². The predicted octanol–water partition coefficient (Wildman–Crippen LogP) is 2.57. The first kappa shape index (κ1) is 17.1. The Labute approximate surface area is 151 Å². The average Bonchev–Trinajstić information content (AvgIpc) is 2.84. The first-order valence-corrected chi connectivity index (χ1v) is 8.48. The van der Waals surface area contributed by atoms with E-state index in [0.29, 0.717) is 0 Å². The largest absolute Gasteiger partial charge is 0.318 e. The van der Waals surface area contributed by atoms with Gasteiger partial charge < -0.3 is 4.57 Å². The van der Waals surface area contributed by atoms with Gasteiger partial charge in [0.15, 0.2) is 5.11 Å². The van der Waals surface area contributed by atoms with Crippen molar-refractivity contribution < 1.29 is 9.59 Å². The Balaban J connectivity index is 2.09. The second-order valence-electron chi connectivity index (χ2n) is 5.94. The number of hydrogen-bond donors (Lipinski definition) is 2. The monoisotopic (exact) mass is 353 g/mol. The minimum atomic E-state index is -0.479. The first-order chi connectivity index (χ1) is 11.9. The van der Waals surface area contributed by atoms with Crippen LogP contribution in [0.2, 0.25) is 0 Å². The highest BCUT2D eigenvalue weighted by molar-refractivity contribution is 7.80. The molecule has 1 aliphatic heterocycles. The van der Waals surface area contributed by atoms with E-state index in [1.54, 1.807) is 6.08 Å². The molecule has 1 aromatic heterocycles. The second kappa shape index (κ2) is 6.64. The molecule has 3 rings (SSSR count). The quantitative estimate of drug-likeness (QED) is 0.506. The summed E-state index contributed by atoms with van der Waals surface area (Å²) in [6, 6.07) is 10.2. The van der Waals surface area contributed by atoms with Gasteiger partial charge in [0, 0.05) is 17.1 Å². The molecule has 1 fully saturated rings. The van der Waals surface area contributed by atoms with E-state index in [1.807, 2.05) is 32.0 Å². The molecule has 1 aromatic carbocycles. The Bertz CT molecular complexity index is 903. The van der Waals surface area contributed by atoms with Crippen LogP contribution in [0.25, 0.3) is 11.8 Å². The standard InChI is InChI=1S/C19H19N3O2S/c1-4-13-7-5-6-8-16(13)22-11(2)9-14(12(22)3)10-15-17(23)20-19(25)21-18(15)24/h5-10H,4H2,1-3H3,(H2,20,21,23,24,25). The molecule has 0 unspecified atom stereocenters. The van der Waals surface area contributed by atoms with E-state index in [2.05, 4.69) is 34.3 Å². The van der Waals surface area contributed by atoms with Crippen molar-refractivity contribution in [1.29, 1.82) is 0 Å². The van der Waals surface area contributed by atoms with Crippen LogP contribution < -0.4 is 10.6 Å². The van der Waals surface area contributed by atoms with Crippen LogP contribution in [-0.4, -0.2) is 21.5 Å². The lowest BCUT2D eigenvalue weighted by atomic mass is 10.1. The SMILES string of the molecule is CCc1ccccc1-n1c(C)cc(C=C2C(=O)NC(=S)NC2=O)c1C. The van der Waals surface area contributed by atoms with Crippen molar-refractivity contribution in [3.8, 4) is 5.69 Å². The van der Waals surface area contributed by atoms with Gasteiger partial charge in [-0.1, -0.05) is 25.1 Å². The molecule has 2 amide bonds. The van der Waals surface area contributed by atoms with Crippen molar-refractivity contribution in [2.24, 2.45) is 0 Å². The molecule has 0 aliphatic carbocycles. The molecular formula is C19H19N3O2S. The summed E-state index contributed by atoms with van der Waals surface area (Å²) in [6.45, 7) is 6.11. The van der Waals surface area contributed by atoms with E-state index in [9.17, 15) is 9.59 Å². The van der Waals surface area contributed by atoms with Crippen LogP contribution in [0.5, 0.6) is 0 Å². The zero-order valence-electron chi connectivity index (χ0n) is 14.3. The summed E-state index contributed by atoms with van der Waals surface area (Å²) in [6.07, 6.45) is 2.53. The number of carbonyl (C=O) groups is 2.